The van der Waals surface area contributed by atoms with Crippen LogP contribution < -0.4 is 10.5 Å². The highest BCUT2D eigenvalue weighted by Gasteiger charge is 2.29. The maximum absolute atomic E-state index is 13.3. The predicted molar refractivity (Wildman–Crippen MR) is 122 cm³/mol. The average Bonchev–Trinajstić information content (AvgIpc) is 3.22. The van der Waals surface area contributed by atoms with Crippen LogP contribution in [0.4, 0.5) is 5.69 Å². The molecule has 3 N–H and O–H groups in total. The minimum absolute atomic E-state index is 0.0719. The molecular weight excluding hydrogens is 466 g/mol. The molecule has 1 aliphatic rings. The van der Waals surface area contributed by atoms with Crippen LogP contribution in [-0.2, 0) is 14.8 Å². The number of fused-ring (bicyclic) bond motifs is 1. The van der Waals surface area contributed by atoms with Crippen molar-refractivity contribution in [2.24, 2.45) is 5.14 Å². The molecule has 6 nitrogen and oxygen atoms in total. The fourth-order valence-corrected chi connectivity index (χ4v) is 4.99. The number of rotatable bonds is 5. The van der Waals surface area contributed by atoms with E-state index in [2.05, 4.69) is 26.1 Å². The number of amides is 1. The molecule has 1 aliphatic heterocycles. The first-order chi connectivity index (χ1) is 14.3. The molecule has 1 heterocycles. The van der Waals surface area contributed by atoms with Gasteiger partial charge < -0.3 is 5.32 Å². The summed E-state index contributed by atoms with van der Waals surface area (Å²) in [5, 5.41) is 9.55. The van der Waals surface area contributed by atoms with Gasteiger partial charge in [0.05, 0.1) is 4.90 Å². The van der Waals surface area contributed by atoms with Gasteiger partial charge in [-0.1, -0.05) is 46.3 Å². The van der Waals surface area contributed by atoms with E-state index in [1.165, 1.54) is 6.07 Å². The van der Waals surface area contributed by atoms with Crippen molar-refractivity contribution in [3.8, 4) is 0 Å². The lowest BCUT2D eigenvalue weighted by atomic mass is 10.0. The third-order valence-electron chi connectivity index (χ3n) is 5.35. The number of nitrogens with one attached hydrogen (secondary N) is 1. The molecule has 0 aliphatic carbocycles. The molecule has 3 aromatic carbocycles. The Morgan fingerprint density at radius 2 is 1.73 bits per heavy atom. The van der Waals surface area contributed by atoms with Gasteiger partial charge in [-0.25, -0.2) is 13.6 Å². The third kappa shape index (κ3) is 4.41. The Hall–Kier alpha value is -2.26. The number of benzene rings is 3. The van der Waals surface area contributed by atoms with Crippen LogP contribution in [0, 0.1) is 0 Å². The Kier molecular flexibility index (Phi) is 5.92. The summed E-state index contributed by atoms with van der Waals surface area (Å²) in [5.41, 5.74) is 1.55. The van der Waals surface area contributed by atoms with E-state index in [-0.39, 0.29) is 16.8 Å². The first-order valence-electron chi connectivity index (χ1n) is 9.69. The van der Waals surface area contributed by atoms with Crippen molar-refractivity contribution < 1.29 is 13.2 Å². The molecular formula is C22H22BrN3O3S. The van der Waals surface area contributed by atoms with Crippen LogP contribution in [0.1, 0.15) is 24.4 Å². The lowest BCUT2D eigenvalue weighted by Gasteiger charge is -2.27. The van der Waals surface area contributed by atoms with Crippen LogP contribution in [0.25, 0.3) is 10.8 Å². The van der Waals surface area contributed by atoms with E-state index in [9.17, 15) is 13.2 Å². The number of sulfonamides is 1. The SMILES string of the molecule is NS(=O)(=O)c1cccc2cc(NC(=O)C(c3ccc(Br)cc3)N3CCCC3)ccc12. The summed E-state index contributed by atoms with van der Waals surface area (Å²) in [6, 6.07) is 17.5. The number of carbonyl (C=O) groups is 1. The molecule has 0 radical (unpaired) electrons. The van der Waals surface area contributed by atoms with Crippen LogP contribution in [0.15, 0.2) is 70.0 Å². The second-order valence-electron chi connectivity index (χ2n) is 7.42. The fraction of sp³-hybridized carbons (Fsp3) is 0.227. The quantitative estimate of drug-likeness (QED) is 0.568. The summed E-state index contributed by atoms with van der Waals surface area (Å²) in [6.07, 6.45) is 2.15. The van der Waals surface area contributed by atoms with Crippen LogP contribution in [0.2, 0.25) is 0 Å². The zero-order valence-corrected chi connectivity index (χ0v) is 18.6. The molecule has 0 saturated carbocycles. The molecule has 1 unspecified atom stereocenters. The van der Waals surface area contributed by atoms with Crippen molar-refractivity contribution in [1.29, 1.82) is 0 Å². The van der Waals surface area contributed by atoms with E-state index in [1.54, 1.807) is 30.3 Å². The van der Waals surface area contributed by atoms with Gasteiger partial charge in [0.15, 0.2) is 0 Å². The fourth-order valence-electron chi connectivity index (χ4n) is 3.96. The molecule has 156 valence electrons. The smallest absolute Gasteiger partial charge is 0.246 e. The number of halogens is 1. The van der Waals surface area contributed by atoms with E-state index >= 15 is 0 Å². The maximum Gasteiger partial charge on any atom is 0.246 e. The van der Waals surface area contributed by atoms with Gasteiger partial charge in [0.2, 0.25) is 15.9 Å². The molecule has 4 rings (SSSR count). The zero-order valence-electron chi connectivity index (χ0n) is 16.2. The van der Waals surface area contributed by atoms with Crippen LogP contribution in [-0.4, -0.2) is 32.3 Å². The highest BCUT2D eigenvalue weighted by atomic mass is 79.9. The van der Waals surface area contributed by atoms with Crippen LogP contribution in [0.5, 0.6) is 0 Å². The number of likely N-dealkylation sites (tertiary alicyclic amines) is 1. The predicted octanol–water partition coefficient (Wildman–Crippen LogP) is 4.03. The van der Waals surface area contributed by atoms with E-state index in [0.717, 1.165) is 36.0 Å². The number of hydrogen-bond acceptors (Lipinski definition) is 4. The summed E-state index contributed by atoms with van der Waals surface area (Å²) in [6.45, 7) is 1.76. The average molecular weight is 488 g/mol. The number of hydrogen-bond donors (Lipinski definition) is 2. The number of nitrogens with two attached hydrogens (primary N) is 1. The summed E-state index contributed by atoms with van der Waals surface area (Å²) in [7, 11) is -3.83. The topological polar surface area (TPSA) is 92.5 Å². The van der Waals surface area contributed by atoms with Crippen LogP contribution >= 0.6 is 15.9 Å². The Balaban J connectivity index is 1.65. The van der Waals surface area contributed by atoms with Crippen molar-refractivity contribution in [3.63, 3.8) is 0 Å². The Labute approximate surface area is 184 Å². The first-order valence-corrected chi connectivity index (χ1v) is 12.0. The summed E-state index contributed by atoms with van der Waals surface area (Å²) in [5.74, 6) is -0.110. The molecule has 0 bridgehead atoms. The van der Waals surface area contributed by atoms with Crippen molar-refractivity contribution >= 4 is 48.3 Å². The minimum Gasteiger partial charge on any atom is -0.324 e. The molecule has 1 atom stereocenters. The molecule has 0 aromatic heterocycles. The van der Waals surface area contributed by atoms with Gasteiger partial charge in [-0.05, 0) is 67.2 Å². The maximum atomic E-state index is 13.3. The van der Waals surface area contributed by atoms with Crippen molar-refractivity contribution in [1.82, 2.24) is 4.90 Å². The molecule has 1 fully saturated rings. The molecule has 1 saturated heterocycles. The summed E-state index contributed by atoms with van der Waals surface area (Å²) >= 11 is 3.45. The highest BCUT2D eigenvalue weighted by Crippen LogP contribution is 2.29. The Bertz CT molecular complexity index is 1190. The lowest BCUT2D eigenvalue weighted by molar-refractivity contribution is -0.121. The van der Waals surface area contributed by atoms with Gasteiger partial charge in [0.25, 0.3) is 0 Å². The summed E-state index contributed by atoms with van der Waals surface area (Å²) in [4.78, 5) is 15.5. The minimum atomic E-state index is -3.83. The molecule has 30 heavy (non-hydrogen) atoms. The monoisotopic (exact) mass is 487 g/mol. The second-order valence-corrected chi connectivity index (χ2v) is 9.87. The standard InChI is InChI=1S/C22H22BrN3O3S/c23-17-8-6-15(7-9-17)21(26-12-1-2-13-26)22(27)25-18-10-11-19-16(14-18)4-3-5-20(19)30(24,28)29/h3-11,14,21H,1-2,12-13H2,(H,25,27)(H2,24,28,29). The van der Waals surface area contributed by atoms with Gasteiger partial charge in [0.1, 0.15) is 6.04 Å². The van der Waals surface area contributed by atoms with Gasteiger partial charge in [-0.15, -0.1) is 0 Å². The van der Waals surface area contributed by atoms with Gasteiger partial charge >= 0.3 is 0 Å². The van der Waals surface area contributed by atoms with E-state index in [1.807, 2.05) is 24.3 Å². The van der Waals surface area contributed by atoms with E-state index < -0.39 is 10.0 Å². The Morgan fingerprint density at radius 3 is 2.40 bits per heavy atom. The number of primary sulfonamides is 1. The Morgan fingerprint density at radius 1 is 1.03 bits per heavy atom. The van der Waals surface area contributed by atoms with Crippen molar-refractivity contribution in [2.45, 2.75) is 23.8 Å². The summed E-state index contributed by atoms with van der Waals surface area (Å²) < 4.78 is 24.6. The highest BCUT2D eigenvalue weighted by molar-refractivity contribution is 9.10. The van der Waals surface area contributed by atoms with Crippen molar-refractivity contribution in [2.75, 3.05) is 18.4 Å². The molecule has 1 amide bonds. The molecule has 0 spiro atoms. The molecule has 3 aromatic rings. The number of anilines is 1. The van der Waals surface area contributed by atoms with Gasteiger partial charge in [-0.3, -0.25) is 9.69 Å². The number of nitrogens with zero attached hydrogens (tertiary/aromatic N) is 1. The third-order valence-corrected chi connectivity index (χ3v) is 6.85. The zero-order chi connectivity index (χ0) is 21.3. The van der Waals surface area contributed by atoms with Crippen LogP contribution in [0.3, 0.4) is 0 Å². The van der Waals surface area contributed by atoms with E-state index in [0.29, 0.717) is 16.5 Å². The van der Waals surface area contributed by atoms with Gasteiger partial charge in [-0.2, -0.15) is 0 Å². The van der Waals surface area contributed by atoms with E-state index in [4.69, 9.17) is 5.14 Å². The first kappa shape index (κ1) is 21.0. The lowest BCUT2D eigenvalue weighted by Crippen LogP contribution is -2.35. The van der Waals surface area contributed by atoms with Gasteiger partial charge in [0, 0.05) is 15.5 Å². The van der Waals surface area contributed by atoms with Crippen molar-refractivity contribution in [3.05, 3.63) is 70.7 Å². The number of carbonyl (C=O) groups excluding carboxylic acids is 1. The second kappa shape index (κ2) is 8.47. The largest absolute Gasteiger partial charge is 0.324 e. The molecule has 8 heteroatoms. The normalized spacial score (nSPS) is 15.9.